The SMILES string of the molecule is C.CB(CCc1ccc(COCc2ccc(B(OCCN(C)C)c3ccccc3)cc2)cc1)OCCN(C)C. The zero-order valence-electron chi connectivity index (χ0n) is 23.9. The van der Waals surface area contributed by atoms with Crippen molar-refractivity contribution in [3.05, 3.63) is 95.6 Å². The van der Waals surface area contributed by atoms with Gasteiger partial charge in [-0.15, -0.1) is 0 Å². The van der Waals surface area contributed by atoms with Crippen molar-refractivity contribution in [1.29, 1.82) is 0 Å². The van der Waals surface area contributed by atoms with Gasteiger partial charge in [0.25, 0.3) is 6.92 Å². The molecule has 0 N–H and O–H groups in total. The van der Waals surface area contributed by atoms with Gasteiger partial charge in [-0.2, -0.15) is 0 Å². The number of aryl methyl sites for hydroxylation is 1. The van der Waals surface area contributed by atoms with Crippen molar-refractivity contribution in [2.75, 3.05) is 54.5 Å². The third-order valence-electron chi connectivity index (χ3n) is 6.55. The van der Waals surface area contributed by atoms with Gasteiger partial charge in [-0.3, -0.25) is 0 Å². The van der Waals surface area contributed by atoms with Crippen LogP contribution in [0.5, 0.6) is 0 Å². The maximum Gasteiger partial charge on any atom is 0.361 e. The van der Waals surface area contributed by atoms with E-state index in [-0.39, 0.29) is 21.3 Å². The van der Waals surface area contributed by atoms with Gasteiger partial charge in [0.05, 0.1) is 13.2 Å². The molecule has 3 aromatic rings. The third-order valence-corrected chi connectivity index (χ3v) is 6.55. The average Bonchev–Trinajstić information content (AvgIpc) is 2.91. The van der Waals surface area contributed by atoms with E-state index in [1.807, 2.05) is 6.07 Å². The first-order valence-corrected chi connectivity index (χ1v) is 13.7. The van der Waals surface area contributed by atoms with Crippen LogP contribution in [-0.2, 0) is 33.7 Å². The van der Waals surface area contributed by atoms with E-state index in [4.69, 9.17) is 14.0 Å². The van der Waals surface area contributed by atoms with Gasteiger partial charge in [0, 0.05) is 26.3 Å². The predicted molar refractivity (Wildman–Crippen MR) is 169 cm³/mol. The van der Waals surface area contributed by atoms with Crippen molar-refractivity contribution < 1.29 is 14.0 Å². The van der Waals surface area contributed by atoms with Crippen LogP contribution in [-0.4, -0.2) is 78.1 Å². The number of nitrogens with zero attached hydrogens (tertiary/aromatic N) is 2. The Bertz CT molecular complexity index is 1030. The average molecular weight is 530 g/mol. The Morgan fingerprint density at radius 1 is 0.615 bits per heavy atom. The first-order chi connectivity index (χ1) is 18.4. The molecule has 5 nitrogen and oxygen atoms in total. The first kappa shape index (κ1) is 32.8. The summed E-state index contributed by atoms with van der Waals surface area (Å²) in [6.45, 7) is 6.86. The summed E-state index contributed by atoms with van der Waals surface area (Å²) in [6, 6.07) is 27.8. The molecule has 0 aliphatic rings. The molecule has 0 spiro atoms. The maximum atomic E-state index is 6.29. The van der Waals surface area contributed by atoms with Crippen LogP contribution in [0.15, 0.2) is 78.9 Å². The van der Waals surface area contributed by atoms with E-state index in [9.17, 15) is 0 Å². The second-order valence-electron chi connectivity index (χ2n) is 10.5. The highest BCUT2D eigenvalue weighted by Gasteiger charge is 2.21. The van der Waals surface area contributed by atoms with Crippen molar-refractivity contribution in [3.63, 3.8) is 0 Å². The molecule has 7 heteroatoms. The summed E-state index contributed by atoms with van der Waals surface area (Å²) < 4.78 is 18.2. The normalized spacial score (nSPS) is 11.1. The van der Waals surface area contributed by atoms with Crippen LogP contribution >= 0.6 is 0 Å². The molecule has 0 aromatic heterocycles. The molecule has 0 unspecified atom stereocenters. The van der Waals surface area contributed by atoms with Gasteiger partial charge in [0.15, 0.2) is 0 Å². The summed E-state index contributed by atoms with van der Waals surface area (Å²) in [7, 11) is 8.27. The Hall–Kier alpha value is -2.41. The summed E-state index contributed by atoms with van der Waals surface area (Å²) in [6.07, 6.45) is 2.06. The molecule has 3 rings (SSSR count). The fourth-order valence-corrected chi connectivity index (χ4v) is 4.13. The van der Waals surface area contributed by atoms with Gasteiger partial charge in [0.2, 0.25) is 0 Å². The van der Waals surface area contributed by atoms with E-state index in [2.05, 4.69) is 118 Å². The number of hydrogen-bond donors (Lipinski definition) is 0. The number of rotatable bonds is 17. The number of likely N-dealkylation sites (N-methyl/N-ethyl adjacent to an activating group) is 2. The van der Waals surface area contributed by atoms with Gasteiger partial charge in [-0.05, 0) is 68.5 Å². The minimum absolute atomic E-state index is 0. The summed E-state index contributed by atoms with van der Waals surface area (Å²) >= 11 is 0. The van der Waals surface area contributed by atoms with Crippen LogP contribution in [0.25, 0.3) is 0 Å². The Labute approximate surface area is 238 Å². The maximum absolute atomic E-state index is 6.29. The van der Waals surface area contributed by atoms with Gasteiger partial charge in [-0.1, -0.05) is 93.1 Å². The monoisotopic (exact) mass is 530 g/mol. The van der Waals surface area contributed by atoms with Gasteiger partial charge < -0.3 is 23.8 Å². The fraction of sp³-hybridized carbons (Fsp3) is 0.438. The molecule has 0 saturated heterocycles. The van der Waals surface area contributed by atoms with Gasteiger partial charge in [0.1, 0.15) is 0 Å². The van der Waals surface area contributed by atoms with E-state index in [1.54, 1.807) is 0 Å². The van der Waals surface area contributed by atoms with Crippen molar-refractivity contribution in [1.82, 2.24) is 9.80 Å². The van der Waals surface area contributed by atoms with E-state index < -0.39 is 0 Å². The summed E-state index contributed by atoms with van der Waals surface area (Å²) in [5, 5.41) is 0. The van der Waals surface area contributed by atoms with Crippen molar-refractivity contribution in [2.24, 2.45) is 0 Å². The second-order valence-corrected chi connectivity index (χ2v) is 10.5. The second kappa shape index (κ2) is 18.0. The highest BCUT2D eigenvalue weighted by Crippen LogP contribution is 2.11. The topological polar surface area (TPSA) is 34.2 Å². The van der Waals surface area contributed by atoms with Crippen LogP contribution in [0.1, 0.15) is 24.1 Å². The Balaban J connectivity index is 0.00000533. The summed E-state index contributed by atoms with van der Waals surface area (Å²) in [5.41, 5.74) is 6.03. The molecule has 39 heavy (non-hydrogen) atoms. The highest BCUT2D eigenvalue weighted by molar-refractivity contribution is 6.80. The lowest BCUT2D eigenvalue weighted by Gasteiger charge is -2.17. The van der Waals surface area contributed by atoms with Crippen molar-refractivity contribution in [2.45, 2.75) is 40.2 Å². The first-order valence-electron chi connectivity index (χ1n) is 13.7. The minimum Gasteiger partial charge on any atom is -0.435 e. The Kier molecular flexibility index (Phi) is 15.2. The molecule has 0 amide bonds. The van der Waals surface area contributed by atoms with Crippen molar-refractivity contribution in [3.8, 4) is 0 Å². The lowest BCUT2D eigenvalue weighted by molar-refractivity contribution is 0.107. The third kappa shape index (κ3) is 12.5. The Morgan fingerprint density at radius 3 is 1.67 bits per heavy atom. The van der Waals surface area contributed by atoms with Crippen molar-refractivity contribution >= 4 is 24.8 Å². The molecule has 0 fully saturated rings. The van der Waals surface area contributed by atoms with Crippen LogP contribution in [0.2, 0.25) is 13.1 Å². The molecule has 0 saturated carbocycles. The molecule has 0 aliphatic heterocycles. The number of hydrogen-bond acceptors (Lipinski definition) is 5. The van der Waals surface area contributed by atoms with Crippen LogP contribution < -0.4 is 10.9 Å². The van der Waals surface area contributed by atoms with Gasteiger partial charge in [-0.25, -0.2) is 0 Å². The quantitative estimate of drug-likeness (QED) is 0.241. The minimum atomic E-state index is -0.0720. The molecular weight excluding hydrogens is 482 g/mol. The smallest absolute Gasteiger partial charge is 0.361 e. The number of ether oxygens (including phenoxy) is 1. The Morgan fingerprint density at radius 2 is 1.10 bits per heavy atom. The molecule has 0 atom stereocenters. The number of benzene rings is 3. The van der Waals surface area contributed by atoms with E-state index in [0.717, 1.165) is 43.5 Å². The standard InChI is InChI=1S/C31H44B2N2O3.CH4/c1-32(37-23-21-34(2)3)20-19-27-11-13-28(14-12-27)25-36-26-29-15-17-31(18-16-29)33(38-24-22-35(4)5)30-9-7-6-8-10-30;/h6-18H,19-26H2,1-5H3;1H4. The van der Waals surface area contributed by atoms with E-state index in [0.29, 0.717) is 19.8 Å². The summed E-state index contributed by atoms with van der Waals surface area (Å²) in [4.78, 5) is 4.29. The molecule has 0 bridgehead atoms. The summed E-state index contributed by atoms with van der Waals surface area (Å²) in [5.74, 6) is 0. The van der Waals surface area contributed by atoms with Crippen LogP contribution in [0.3, 0.4) is 0 Å². The highest BCUT2D eigenvalue weighted by atomic mass is 16.5. The lowest BCUT2D eigenvalue weighted by Crippen LogP contribution is -2.46. The molecular formula is C32H48B2N2O3. The van der Waals surface area contributed by atoms with E-state index >= 15 is 0 Å². The zero-order valence-corrected chi connectivity index (χ0v) is 23.9. The predicted octanol–water partition coefficient (Wildman–Crippen LogP) is 4.47. The molecule has 0 heterocycles. The molecule has 0 aliphatic carbocycles. The van der Waals surface area contributed by atoms with Gasteiger partial charge >= 0.3 is 6.92 Å². The van der Waals surface area contributed by atoms with Crippen LogP contribution in [0.4, 0.5) is 0 Å². The largest absolute Gasteiger partial charge is 0.435 e. The fourth-order valence-electron chi connectivity index (χ4n) is 4.13. The van der Waals surface area contributed by atoms with E-state index in [1.165, 1.54) is 16.6 Å². The van der Waals surface area contributed by atoms with Crippen LogP contribution in [0, 0.1) is 0 Å². The molecule has 210 valence electrons. The lowest BCUT2D eigenvalue weighted by atomic mass is 9.55. The zero-order chi connectivity index (χ0) is 27.2. The molecule has 3 aromatic carbocycles. The molecule has 0 radical (unpaired) electrons.